The zero-order valence-electron chi connectivity index (χ0n) is 15.2. The van der Waals surface area contributed by atoms with Crippen molar-refractivity contribution in [2.24, 2.45) is 0 Å². The van der Waals surface area contributed by atoms with Gasteiger partial charge in [-0.2, -0.15) is 0 Å². The first-order chi connectivity index (χ1) is 14.1. The number of nitrogens with zero attached hydrogens (tertiary/aromatic N) is 1. The van der Waals surface area contributed by atoms with Crippen molar-refractivity contribution in [1.82, 2.24) is 4.98 Å². The zero-order chi connectivity index (χ0) is 20.2. The second kappa shape index (κ2) is 8.12. The molecule has 0 bridgehead atoms. The minimum Gasteiger partial charge on any atom is -0.322 e. The van der Waals surface area contributed by atoms with E-state index >= 15 is 0 Å². The Morgan fingerprint density at radius 1 is 0.759 bits per heavy atom. The molecule has 0 aliphatic rings. The number of pyridine rings is 1. The van der Waals surface area contributed by atoms with Crippen LogP contribution in [0.3, 0.4) is 0 Å². The number of anilines is 2. The van der Waals surface area contributed by atoms with E-state index in [4.69, 9.17) is 11.6 Å². The van der Waals surface area contributed by atoms with E-state index in [1.807, 2.05) is 30.3 Å². The highest BCUT2D eigenvalue weighted by Gasteiger charge is 2.12. The lowest BCUT2D eigenvalue weighted by atomic mass is 10.1. The van der Waals surface area contributed by atoms with Gasteiger partial charge in [0.25, 0.3) is 11.8 Å². The van der Waals surface area contributed by atoms with Crippen molar-refractivity contribution in [1.29, 1.82) is 0 Å². The molecule has 142 valence electrons. The molecule has 0 unspecified atom stereocenters. The summed E-state index contributed by atoms with van der Waals surface area (Å²) in [6, 6.07) is 24.8. The Morgan fingerprint density at radius 3 is 2.41 bits per heavy atom. The van der Waals surface area contributed by atoms with Crippen LogP contribution in [0.15, 0.2) is 84.9 Å². The molecular weight excluding hydrogens is 386 g/mol. The Hall–Kier alpha value is -3.70. The number of benzene rings is 3. The largest absolute Gasteiger partial charge is 0.322 e. The van der Waals surface area contributed by atoms with Crippen molar-refractivity contribution in [3.8, 4) is 0 Å². The van der Waals surface area contributed by atoms with Gasteiger partial charge in [0, 0.05) is 16.6 Å². The summed E-state index contributed by atoms with van der Waals surface area (Å²) in [5.41, 5.74) is 2.06. The monoisotopic (exact) mass is 401 g/mol. The van der Waals surface area contributed by atoms with Crippen molar-refractivity contribution in [3.63, 3.8) is 0 Å². The van der Waals surface area contributed by atoms with Crippen LogP contribution in [0.4, 0.5) is 11.5 Å². The van der Waals surface area contributed by atoms with Crippen LogP contribution < -0.4 is 10.6 Å². The van der Waals surface area contributed by atoms with Gasteiger partial charge in [0.2, 0.25) is 0 Å². The highest BCUT2D eigenvalue weighted by molar-refractivity contribution is 6.34. The number of aromatic nitrogens is 1. The van der Waals surface area contributed by atoms with Crippen LogP contribution >= 0.6 is 11.6 Å². The molecule has 0 saturated carbocycles. The summed E-state index contributed by atoms with van der Waals surface area (Å²) >= 11 is 6.07. The van der Waals surface area contributed by atoms with Crippen molar-refractivity contribution >= 4 is 45.8 Å². The van der Waals surface area contributed by atoms with E-state index in [1.54, 1.807) is 54.6 Å². The van der Waals surface area contributed by atoms with E-state index in [9.17, 15) is 9.59 Å². The van der Waals surface area contributed by atoms with E-state index < -0.39 is 0 Å². The van der Waals surface area contributed by atoms with Crippen molar-refractivity contribution in [2.45, 2.75) is 0 Å². The number of carbonyl (C=O) groups excluding carboxylic acids is 2. The lowest BCUT2D eigenvalue weighted by molar-refractivity contribution is 0.101. The molecule has 0 radical (unpaired) electrons. The Bertz CT molecular complexity index is 1220. The lowest BCUT2D eigenvalue weighted by Crippen LogP contribution is -2.15. The van der Waals surface area contributed by atoms with E-state index in [0.717, 1.165) is 10.9 Å². The van der Waals surface area contributed by atoms with Crippen molar-refractivity contribution in [3.05, 3.63) is 101 Å². The molecule has 1 aromatic heterocycles. The van der Waals surface area contributed by atoms with E-state index in [-0.39, 0.29) is 11.8 Å². The van der Waals surface area contributed by atoms with Crippen molar-refractivity contribution in [2.75, 3.05) is 10.6 Å². The number of para-hydroxylation sites is 1. The molecule has 1 heterocycles. The topological polar surface area (TPSA) is 71.1 Å². The maximum atomic E-state index is 12.6. The molecule has 0 aliphatic carbocycles. The number of nitrogens with one attached hydrogen (secondary N) is 2. The summed E-state index contributed by atoms with van der Waals surface area (Å²) < 4.78 is 0. The minimum absolute atomic E-state index is 0.318. The van der Waals surface area contributed by atoms with Gasteiger partial charge in [-0.3, -0.25) is 9.59 Å². The summed E-state index contributed by atoms with van der Waals surface area (Å²) in [6.07, 6.45) is 0. The highest BCUT2D eigenvalue weighted by Crippen LogP contribution is 2.19. The summed E-state index contributed by atoms with van der Waals surface area (Å²) in [5, 5.41) is 6.91. The Balaban J connectivity index is 1.50. The summed E-state index contributed by atoms with van der Waals surface area (Å²) in [6.45, 7) is 0. The molecule has 3 aromatic carbocycles. The second-order valence-electron chi connectivity index (χ2n) is 6.36. The smallest absolute Gasteiger partial charge is 0.257 e. The lowest BCUT2D eigenvalue weighted by Gasteiger charge is -2.09. The third-order valence-corrected chi connectivity index (χ3v) is 4.67. The molecule has 2 N–H and O–H groups in total. The van der Waals surface area contributed by atoms with Crippen LogP contribution in [0.25, 0.3) is 10.9 Å². The molecule has 29 heavy (non-hydrogen) atoms. The SMILES string of the molecule is O=C(Nc1ccc2ccccc2n1)c1cccc(NC(=O)c2ccccc2Cl)c1. The number of carbonyl (C=O) groups is 2. The molecule has 0 aliphatic heterocycles. The van der Waals surface area contributed by atoms with Gasteiger partial charge in [0.15, 0.2) is 0 Å². The van der Waals surface area contributed by atoms with Crippen LogP contribution in [0.2, 0.25) is 5.02 Å². The molecule has 4 rings (SSSR count). The molecule has 0 spiro atoms. The molecule has 2 amide bonds. The molecular formula is C23H16ClN3O2. The van der Waals surface area contributed by atoms with E-state index in [2.05, 4.69) is 15.6 Å². The van der Waals surface area contributed by atoms with Crippen LogP contribution in [-0.4, -0.2) is 16.8 Å². The average molecular weight is 402 g/mol. The number of halogens is 1. The quantitative estimate of drug-likeness (QED) is 0.481. The third kappa shape index (κ3) is 4.25. The minimum atomic E-state index is -0.343. The summed E-state index contributed by atoms with van der Waals surface area (Å²) in [5.74, 6) is -0.204. The van der Waals surface area contributed by atoms with E-state index in [1.165, 1.54) is 0 Å². The number of hydrogen-bond acceptors (Lipinski definition) is 3. The van der Waals surface area contributed by atoms with E-state index in [0.29, 0.717) is 27.7 Å². The average Bonchev–Trinajstić information content (AvgIpc) is 2.74. The fourth-order valence-electron chi connectivity index (χ4n) is 2.91. The highest BCUT2D eigenvalue weighted by atomic mass is 35.5. The molecule has 0 fully saturated rings. The molecule has 0 saturated heterocycles. The fraction of sp³-hybridized carbons (Fsp3) is 0. The first-order valence-electron chi connectivity index (χ1n) is 8.93. The standard InChI is InChI=1S/C23H16ClN3O2/c24-19-10-3-2-9-18(19)23(29)25-17-8-5-7-16(14-17)22(28)27-21-13-12-15-6-1-4-11-20(15)26-21/h1-14H,(H,25,29)(H,26,27,28). The Kier molecular flexibility index (Phi) is 5.22. The Morgan fingerprint density at radius 2 is 1.55 bits per heavy atom. The van der Waals surface area contributed by atoms with Crippen molar-refractivity contribution < 1.29 is 9.59 Å². The van der Waals surface area contributed by atoms with Gasteiger partial charge in [-0.1, -0.05) is 48.0 Å². The number of hydrogen-bond donors (Lipinski definition) is 2. The maximum absolute atomic E-state index is 12.6. The van der Waals surface area contributed by atoms with Crippen LogP contribution in [0.1, 0.15) is 20.7 Å². The van der Waals surface area contributed by atoms with Gasteiger partial charge in [-0.25, -0.2) is 4.98 Å². The second-order valence-corrected chi connectivity index (χ2v) is 6.77. The summed E-state index contributed by atoms with van der Waals surface area (Å²) in [4.78, 5) is 29.5. The predicted octanol–water partition coefficient (Wildman–Crippen LogP) is 5.39. The Labute approximate surface area is 172 Å². The fourth-order valence-corrected chi connectivity index (χ4v) is 3.13. The van der Waals surface area contributed by atoms with Gasteiger partial charge in [-0.15, -0.1) is 0 Å². The number of amides is 2. The number of fused-ring (bicyclic) bond motifs is 1. The molecule has 5 nitrogen and oxygen atoms in total. The zero-order valence-corrected chi connectivity index (χ0v) is 16.0. The third-order valence-electron chi connectivity index (χ3n) is 4.34. The number of rotatable bonds is 4. The van der Waals surface area contributed by atoms with Crippen LogP contribution in [-0.2, 0) is 0 Å². The summed E-state index contributed by atoms with van der Waals surface area (Å²) in [7, 11) is 0. The predicted molar refractivity (Wildman–Crippen MR) is 116 cm³/mol. The van der Waals surface area contributed by atoms with Gasteiger partial charge >= 0.3 is 0 Å². The van der Waals surface area contributed by atoms with Crippen LogP contribution in [0, 0.1) is 0 Å². The molecule has 0 atom stereocenters. The van der Waals surface area contributed by atoms with Crippen LogP contribution in [0.5, 0.6) is 0 Å². The van der Waals surface area contributed by atoms with Gasteiger partial charge in [-0.05, 0) is 48.5 Å². The van der Waals surface area contributed by atoms with Gasteiger partial charge < -0.3 is 10.6 Å². The molecule has 6 heteroatoms. The van der Waals surface area contributed by atoms with Gasteiger partial charge in [0.05, 0.1) is 16.1 Å². The van der Waals surface area contributed by atoms with Gasteiger partial charge in [0.1, 0.15) is 5.82 Å². The first kappa shape index (κ1) is 18.7. The first-order valence-corrected chi connectivity index (χ1v) is 9.31. The maximum Gasteiger partial charge on any atom is 0.257 e. The normalized spacial score (nSPS) is 10.5. The molecule has 4 aromatic rings.